The smallest absolute Gasteiger partial charge is 0.189 e. The Morgan fingerprint density at radius 3 is 2.09 bits per heavy atom. The Balaban J connectivity index is 3.18. The summed E-state index contributed by atoms with van der Waals surface area (Å²) in [6, 6.07) is 0. The second kappa shape index (κ2) is 32.7. The molecule has 1 unspecified atom stereocenters. The number of carbonyl (C=O) groups is 1. The minimum Gasteiger partial charge on any atom is -0.396 e. The van der Waals surface area contributed by atoms with Crippen LogP contribution in [-0.4, -0.2) is 106 Å². The largest absolute Gasteiger partial charge is 0.396 e. The molecule has 0 aromatic heterocycles. The third-order valence-corrected chi connectivity index (χ3v) is 14.9. The first-order chi connectivity index (χ1) is 17.2. The van der Waals surface area contributed by atoms with E-state index in [1.807, 2.05) is 70.6 Å². The van der Waals surface area contributed by atoms with Gasteiger partial charge in [-0.3, -0.25) is 9.00 Å². The van der Waals surface area contributed by atoms with E-state index in [9.17, 15) is 9.00 Å². The van der Waals surface area contributed by atoms with Crippen molar-refractivity contribution in [2.24, 2.45) is 0 Å². The van der Waals surface area contributed by atoms with Crippen LogP contribution >= 0.6 is 94.1 Å². The first-order valence-corrected chi connectivity index (χ1v) is 22.2. The second-order valence-corrected chi connectivity index (χ2v) is 18.6. The SMILES string of the molecule is CCCS(=O)CCSCSCSCCSC(=O)CCSCSCSCCCOOCCSCCO. The van der Waals surface area contributed by atoms with E-state index in [4.69, 9.17) is 14.9 Å². The normalized spacial score (nSPS) is 12.3. The molecular weight excluding hydrogens is 621 g/mol. The molecular formula is C21H42O5S9. The van der Waals surface area contributed by atoms with Crippen LogP contribution in [0.5, 0.6) is 0 Å². The standard InChI is InChI=1S/C21H42O5S9/c1-2-15-35(24)16-14-31-20-33-19-30-12-13-34-21(23)4-9-29-18-32-17-28-8-3-6-25-26-7-11-27-10-5-22/h22H,2-20H2,1H3. The molecule has 210 valence electrons. The van der Waals surface area contributed by atoms with Crippen LogP contribution in [0, 0.1) is 0 Å². The molecule has 0 spiro atoms. The zero-order chi connectivity index (χ0) is 25.7. The van der Waals surface area contributed by atoms with Crippen LogP contribution in [-0.2, 0) is 25.4 Å². The third-order valence-electron chi connectivity index (χ3n) is 3.64. The minimum atomic E-state index is -0.631. The molecule has 0 aliphatic heterocycles. The highest BCUT2D eigenvalue weighted by Gasteiger charge is 2.03. The maximum atomic E-state index is 12.0. The molecule has 0 heterocycles. The van der Waals surface area contributed by atoms with Gasteiger partial charge in [0.1, 0.15) is 0 Å². The van der Waals surface area contributed by atoms with Crippen molar-refractivity contribution < 1.29 is 23.9 Å². The lowest BCUT2D eigenvalue weighted by molar-refractivity contribution is -0.289. The van der Waals surface area contributed by atoms with Crippen molar-refractivity contribution in [3.8, 4) is 0 Å². The van der Waals surface area contributed by atoms with Gasteiger partial charge >= 0.3 is 0 Å². The topological polar surface area (TPSA) is 72.8 Å². The lowest BCUT2D eigenvalue weighted by Crippen LogP contribution is -2.03. The van der Waals surface area contributed by atoms with Gasteiger partial charge in [0.15, 0.2) is 5.12 Å². The van der Waals surface area contributed by atoms with E-state index in [0.717, 1.165) is 85.0 Å². The fourth-order valence-corrected chi connectivity index (χ4v) is 12.1. The van der Waals surface area contributed by atoms with E-state index in [1.54, 1.807) is 11.8 Å². The molecule has 0 aromatic carbocycles. The van der Waals surface area contributed by atoms with Crippen LogP contribution in [0.15, 0.2) is 0 Å². The quantitative estimate of drug-likeness (QED) is 0.0435. The van der Waals surface area contributed by atoms with Crippen molar-refractivity contribution in [3.63, 3.8) is 0 Å². The molecule has 0 aliphatic carbocycles. The number of hydrogen-bond acceptors (Lipinski definition) is 13. The summed E-state index contributed by atoms with van der Waals surface area (Å²) < 4.78 is 11.6. The van der Waals surface area contributed by atoms with Crippen molar-refractivity contribution >= 4 is 110 Å². The Morgan fingerprint density at radius 1 is 0.714 bits per heavy atom. The van der Waals surface area contributed by atoms with Crippen LogP contribution in [0.3, 0.4) is 0 Å². The molecule has 0 rings (SSSR count). The van der Waals surface area contributed by atoms with Gasteiger partial charge in [0.2, 0.25) is 0 Å². The molecule has 0 radical (unpaired) electrons. The van der Waals surface area contributed by atoms with Gasteiger partial charge in [0.05, 0.1) is 19.8 Å². The van der Waals surface area contributed by atoms with Gasteiger partial charge in [0.25, 0.3) is 0 Å². The summed E-state index contributed by atoms with van der Waals surface area (Å²) in [6.07, 6.45) is 2.64. The van der Waals surface area contributed by atoms with Gasteiger partial charge in [-0.2, -0.15) is 58.8 Å². The van der Waals surface area contributed by atoms with Crippen LogP contribution in [0.2, 0.25) is 0 Å². The summed E-state index contributed by atoms with van der Waals surface area (Å²) in [7, 11) is -0.631. The van der Waals surface area contributed by atoms with Crippen molar-refractivity contribution in [3.05, 3.63) is 0 Å². The van der Waals surface area contributed by atoms with Gasteiger partial charge in [-0.25, -0.2) is 9.78 Å². The number of aliphatic hydroxyl groups is 1. The van der Waals surface area contributed by atoms with Gasteiger partial charge in [-0.05, 0) is 18.6 Å². The van der Waals surface area contributed by atoms with Gasteiger partial charge in [0, 0.05) is 83.6 Å². The highest BCUT2D eigenvalue weighted by molar-refractivity contribution is 8.23. The zero-order valence-electron chi connectivity index (χ0n) is 20.7. The molecule has 14 heteroatoms. The molecule has 1 atom stereocenters. The van der Waals surface area contributed by atoms with Crippen LogP contribution in [0.1, 0.15) is 26.2 Å². The van der Waals surface area contributed by atoms with E-state index >= 15 is 0 Å². The Hall–Kier alpha value is 2.50. The maximum absolute atomic E-state index is 12.0. The molecule has 0 aliphatic rings. The summed E-state index contributed by atoms with van der Waals surface area (Å²) in [5.41, 5.74) is 0. The molecule has 0 amide bonds. The lowest BCUT2D eigenvalue weighted by Gasteiger charge is -2.05. The molecule has 0 aromatic rings. The van der Waals surface area contributed by atoms with Crippen LogP contribution in [0.25, 0.3) is 0 Å². The summed E-state index contributed by atoms with van der Waals surface area (Å²) in [4.78, 5) is 22.2. The summed E-state index contributed by atoms with van der Waals surface area (Å²) in [5.74, 6) is 8.13. The Morgan fingerprint density at radius 2 is 1.37 bits per heavy atom. The Bertz CT molecular complexity index is 478. The predicted molar refractivity (Wildman–Crippen MR) is 176 cm³/mol. The summed E-state index contributed by atoms with van der Waals surface area (Å²) >= 11 is 14.5. The van der Waals surface area contributed by atoms with Crippen molar-refractivity contribution in [1.29, 1.82) is 0 Å². The maximum Gasteiger partial charge on any atom is 0.189 e. The highest BCUT2D eigenvalue weighted by atomic mass is 32.2. The Labute approximate surface area is 250 Å². The first kappa shape index (κ1) is 37.5. The number of hydrogen-bond donors (Lipinski definition) is 1. The minimum absolute atomic E-state index is 0.211. The summed E-state index contributed by atoms with van der Waals surface area (Å²) in [5, 5.41) is 13.2. The van der Waals surface area contributed by atoms with E-state index in [0.29, 0.717) is 24.7 Å². The fourth-order valence-electron chi connectivity index (χ4n) is 2.06. The van der Waals surface area contributed by atoms with Gasteiger partial charge in [-0.15, -0.1) is 23.5 Å². The highest BCUT2D eigenvalue weighted by Crippen LogP contribution is 2.21. The van der Waals surface area contributed by atoms with Crippen molar-refractivity contribution in [2.75, 3.05) is 91.9 Å². The molecule has 0 fully saturated rings. The molecule has 5 nitrogen and oxygen atoms in total. The Kier molecular flexibility index (Phi) is 35.0. The van der Waals surface area contributed by atoms with Crippen molar-refractivity contribution in [2.45, 2.75) is 26.2 Å². The van der Waals surface area contributed by atoms with Gasteiger partial charge in [-0.1, -0.05) is 18.7 Å². The number of carbonyl (C=O) groups excluding carboxylic acids is 1. The fraction of sp³-hybridized carbons (Fsp3) is 0.952. The van der Waals surface area contributed by atoms with E-state index < -0.39 is 10.8 Å². The lowest BCUT2D eigenvalue weighted by atomic mass is 10.5. The van der Waals surface area contributed by atoms with E-state index in [-0.39, 0.29) is 6.61 Å². The van der Waals surface area contributed by atoms with E-state index in [2.05, 4.69) is 6.92 Å². The number of thioether (sulfide) groups is 8. The zero-order valence-corrected chi connectivity index (χ0v) is 28.0. The molecule has 0 bridgehead atoms. The monoisotopic (exact) mass is 662 g/mol. The second-order valence-electron chi connectivity index (χ2n) is 6.66. The number of rotatable bonds is 29. The van der Waals surface area contributed by atoms with Crippen molar-refractivity contribution in [1.82, 2.24) is 0 Å². The molecule has 0 saturated heterocycles. The first-order valence-electron chi connectivity index (χ1n) is 11.6. The average molecular weight is 663 g/mol. The molecule has 0 saturated carbocycles. The third kappa shape index (κ3) is 32.6. The van der Waals surface area contributed by atoms with Crippen LogP contribution in [0.4, 0.5) is 0 Å². The molecule has 35 heavy (non-hydrogen) atoms. The number of aliphatic hydroxyl groups excluding tert-OH is 1. The van der Waals surface area contributed by atoms with Crippen LogP contribution < -0.4 is 0 Å². The predicted octanol–water partition coefficient (Wildman–Crippen LogP) is 6.09. The summed E-state index contributed by atoms with van der Waals surface area (Å²) in [6.45, 7) is 3.47. The van der Waals surface area contributed by atoms with Gasteiger partial charge < -0.3 is 5.11 Å². The average Bonchev–Trinajstić information content (AvgIpc) is 2.85. The molecule has 1 N–H and O–H groups in total. The van der Waals surface area contributed by atoms with E-state index in [1.165, 1.54) is 11.8 Å².